The number of hydrogen-bond acceptors (Lipinski definition) is 3. The highest BCUT2D eigenvalue weighted by Crippen LogP contribution is 2.21. The number of sulfonamides is 1. The van der Waals surface area contributed by atoms with Gasteiger partial charge in [0.15, 0.2) is 0 Å². The van der Waals surface area contributed by atoms with Crippen LogP contribution in [-0.4, -0.2) is 25.8 Å². The average molecular weight is 348 g/mol. The maximum atomic E-state index is 13.5. The molecule has 0 aliphatic carbocycles. The maximum Gasteiger partial charge on any atom is 0.243 e. The molecule has 1 N–H and O–H groups in total. The predicted octanol–water partition coefficient (Wildman–Crippen LogP) is 2.90. The molecule has 0 saturated carbocycles. The summed E-state index contributed by atoms with van der Waals surface area (Å²) in [6.07, 6.45) is 1.86. The molecule has 2 aromatic carbocycles. The van der Waals surface area contributed by atoms with Crippen molar-refractivity contribution in [2.75, 3.05) is 13.1 Å². The Morgan fingerprint density at radius 1 is 0.958 bits per heavy atom. The topological polar surface area (TPSA) is 49.4 Å². The molecule has 0 bridgehead atoms. The van der Waals surface area contributed by atoms with Crippen LogP contribution in [-0.2, 0) is 23.1 Å². The van der Waals surface area contributed by atoms with Gasteiger partial charge in [-0.25, -0.2) is 12.8 Å². The number of halogens is 1. The fraction of sp³-hybridized carbons (Fsp3) is 0.333. The van der Waals surface area contributed by atoms with Gasteiger partial charge in [-0.1, -0.05) is 30.3 Å². The van der Waals surface area contributed by atoms with E-state index in [0.717, 1.165) is 18.4 Å². The molecule has 0 atom stereocenters. The molecule has 24 heavy (non-hydrogen) atoms. The zero-order chi connectivity index (χ0) is 17.0. The van der Waals surface area contributed by atoms with Crippen LogP contribution in [0.2, 0.25) is 0 Å². The smallest absolute Gasteiger partial charge is 0.243 e. The summed E-state index contributed by atoms with van der Waals surface area (Å²) in [5.74, 6) is -0.225. The quantitative estimate of drug-likeness (QED) is 0.873. The molecule has 1 aliphatic heterocycles. The van der Waals surface area contributed by atoms with E-state index in [-0.39, 0.29) is 5.82 Å². The fourth-order valence-corrected chi connectivity index (χ4v) is 4.36. The Kier molecular flexibility index (Phi) is 5.28. The Balaban J connectivity index is 1.59. The third kappa shape index (κ3) is 3.83. The second-order valence-electron chi connectivity index (χ2n) is 5.95. The summed E-state index contributed by atoms with van der Waals surface area (Å²) in [5.41, 5.74) is 1.58. The van der Waals surface area contributed by atoms with Crippen LogP contribution in [0.4, 0.5) is 4.39 Å². The van der Waals surface area contributed by atoms with Crippen molar-refractivity contribution in [3.63, 3.8) is 0 Å². The van der Waals surface area contributed by atoms with Crippen molar-refractivity contribution < 1.29 is 12.8 Å². The second-order valence-corrected chi connectivity index (χ2v) is 7.89. The van der Waals surface area contributed by atoms with Crippen LogP contribution >= 0.6 is 0 Å². The number of nitrogens with one attached hydrogen (secondary N) is 1. The third-order valence-corrected chi connectivity index (χ3v) is 6.14. The maximum absolute atomic E-state index is 13.5. The molecule has 0 aromatic heterocycles. The Hall–Kier alpha value is -1.76. The summed E-state index contributed by atoms with van der Waals surface area (Å²) in [7, 11) is -3.36. The first-order chi connectivity index (χ1) is 11.6. The van der Waals surface area contributed by atoms with E-state index < -0.39 is 10.0 Å². The van der Waals surface area contributed by atoms with Gasteiger partial charge in [0.25, 0.3) is 0 Å². The van der Waals surface area contributed by atoms with Gasteiger partial charge in [-0.15, -0.1) is 0 Å². The monoisotopic (exact) mass is 348 g/mol. The van der Waals surface area contributed by atoms with Crippen molar-refractivity contribution in [3.8, 4) is 0 Å². The van der Waals surface area contributed by atoms with E-state index in [1.807, 2.05) is 0 Å². The van der Waals surface area contributed by atoms with E-state index in [0.29, 0.717) is 36.6 Å². The fourth-order valence-electron chi connectivity index (χ4n) is 2.84. The molecule has 0 unspecified atom stereocenters. The van der Waals surface area contributed by atoms with Crippen LogP contribution in [0.3, 0.4) is 0 Å². The summed E-state index contributed by atoms with van der Waals surface area (Å²) in [6.45, 7) is 2.20. The first-order valence-electron chi connectivity index (χ1n) is 8.10. The number of nitrogens with zero attached hydrogens (tertiary/aromatic N) is 1. The minimum absolute atomic E-state index is 0.225. The van der Waals surface area contributed by atoms with Crippen molar-refractivity contribution in [1.29, 1.82) is 0 Å². The van der Waals surface area contributed by atoms with Crippen molar-refractivity contribution in [2.45, 2.75) is 30.8 Å². The number of hydrogen-bond donors (Lipinski definition) is 1. The molecule has 128 valence electrons. The Morgan fingerprint density at radius 2 is 1.62 bits per heavy atom. The van der Waals surface area contributed by atoms with Gasteiger partial charge in [-0.2, -0.15) is 4.31 Å². The Morgan fingerprint density at radius 3 is 2.29 bits per heavy atom. The molecule has 0 radical (unpaired) electrons. The molecule has 6 heteroatoms. The van der Waals surface area contributed by atoms with Gasteiger partial charge >= 0.3 is 0 Å². The van der Waals surface area contributed by atoms with Crippen molar-refractivity contribution in [2.24, 2.45) is 0 Å². The Bertz CT molecular complexity index is 785. The van der Waals surface area contributed by atoms with Crippen molar-refractivity contribution in [1.82, 2.24) is 9.62 Å². The third-order valence-electron chi connectivity index (χ3n) is 4.23. The predicted molar refractivity (Wildman–Crippen MR) is 91.4 cm³/mol. The van der Waals surface area contributed by atoms with Crippen LogP contribution in [0.15, 0.2) is 53.4 Å². The average Bonchev–Trinajstić information content (AvgIpc) is 3.12. The second kappa shape index (κ2) is 7.42. The summed E-state index contributed by atoms with van der Waals surface area (Å²) in [5, 5.41) is 3.17. The van der Waals surface area contributed by atoms with E-state index in [1.54, 1.807) is 46.8 Å². The van der Waals surface area contributed by atoms with Gasteiger partial charge in [-0.3, -0.25) is 0 Å². The highest BCUT2D eigenvalue weighted by Gasteiger charge is 2.26. The molecule has 1 saturated heterocycles. The number of rotatable bonds is 6. The lowest BCUT2D eigenvalue weighted by atomic mass is 10.2. The minimum Gasteiger partial charge on any atom is -0.309 e. The van der Waals surface area contributed by atoms with E-state index >= 15 is 0 Å². The molecule has 1 heterocycles. The Labute approximate surface area is 142 Å². The lowest BCUT2D eigenvalue weighted by Crippen LogP contribution is -2.27. The normalized spacial score (nSPS) is 15.7. The summed E-state index contributed by atoms with van der Waals surface area (Å²) in [4.78, 5) is 0.335. The van der Waals surface area contributed by atoms with Gasteiger partial charge in [0.1, 0.15) is 5.82 Å². The molecule has 3 rings (SSSR count). The van der Waals surface area contributed by atoms with E-state index in [4.69, 9.17) is 0 Å². The zero-order valence-corrected chi connectivity index (χ0v) is 14.2. The van der Waals surface area contributed by atoms with Gasteiger partial charge in [0, 0.05) is 31.7 Å². The van der Waals surface area contributed by atoms with Crippen LogP contribution in [0.25, 0.3) is 0 Å². The highest BCUT2D eigenvalue weighted by atomic mass is 32.2. The molecule has 4 nitrogen and oxygen atoms in total. The largest absolute Gasteiger partial charge is 0.309 e. The lowest BCUT2D eigenvalue weighted by molar-refractivity contribution is 0.477. The van der Waals surface area contributed by atoms with Gasteiger partial charge in [0.2, 0.25) is 10.0 Å². The van der Waals surface area contributed by atoms with Crippen LogP contribution < -0.4 is 5.32 Å². The van der Waals surface area contributed by atoms with E-state index in [1.165, 1.54) is 6.07 Å². The summed E-state index contributed by atoms with van der Waals surface area (Å²) in [6, 6.07) is 13.6. The lowest BCUT2D eigenvalue weighted by Gasteiger charge is -2.15. The molecule has 0 amide bonds. The molecule has 1 fully saturated rings. The minimum atomic E-state index is -3.36. The van der Waals surface area contributed by atoms with Crippen molar-refractivity contribution >= 4 is 10.0 Å². The molecule has 2 aromatic rings. The van der Waals surface area contributed by atoms with Crippen LogP contribution in [0.1, 0.15) is 24.0 Å². The first-order valence-corrected chi connectivity index (χ1v) is 9.54. The van der Waals surface area contributed by atoms with E-state index in [2.05, 4.69) is 5.32 Å². The van der Waals surface area contributed by atoms with E-state index in [9.17, 15) is 12.8 Å². The van der Waals surface area contributed by atoms with Crippen LogP contribution in [0, 0.1) is 5.82 Å². The SMILES string of the molecule is O=S(=O)(c1ccc(CNCc2ccccc2F)cc1)N1CCCC1. The molecular weight excluding hydrogens is 327 g/mol. The van der Waals surface area contributed by atoms with Gasteiger partial charge in [0.05, 0.1) is 4.90 Å². The first kappa shape index (κ1) is 17.1. The van der Waals surface area contributed by atoms with Crippen LogP contribution in [0.5, 0.6) is 0 Å². The van der Waals surface area contributed by atoms with Gasteiger partial charge in [-0.05, 0) is 36.6 Å². The zero-order valence-electron chi connectivity index (χ0n) is 13.4. The van der Waals surface area contributed by atoms with Gasteiger partial charge < -0.3 is 5.32 Å². The number of benzene rings is 2. The summed E-state index contributed by atoms with van der Waals surface area (Å²) >= 11 is 0. The molecular formula is C18H21FN2O2S. The highest BCUT2D eigenvalue weighted by molar-refractivity contribution is 7.89. The van der Waals surface area contributed by atoms with Crippen molar-refractivity contribution in [3.05, 3.63) is 65.5 Å². The molecule has 0 spiro atoms. The molecule has 1 aliphatic rings. The summed E-state index contributed by atoms with van der Waals surface area (Å²) < 4.78 is 40.0. The standard InChI is InChI=1S/C18H21FN2O2S/c19-18-6-2-1-5-16(18)14-20-13-15-7-9-17(10-8-15)24(22,23)21-11-3-4-12-21/h1-2,5-10,20H,3-4,11-14H2.